The molecule has 0 spiro atoms. The molecule has 0 saturated heterocycles. The van der Waals surface area contributed by atoms with E-state index in [2.05, 4.69) is 69.4 Å². The molecule has 348 valence electrons. The van der Waals surface area contributed by atoms with E-state index in [4.69, 9.17) is 14.2 Å². The normalized spacial score (nSPS) is 12.4. The highest BCUT2D eigenvalue weighted by molar-refractivity contribution is 5.71. The lowest BCUT2D eigenvalue weighted by Gasteiger charge is -2.18. The van der Waals surface area contributed by atoms with E-state index in [9.17, 15) is 14.4 Å². The second kappa shape index (κ2) is 49.0. The Morgan fingerprint density at radius 3 is 1.02 bits per heavy atom. The first-order valence-corrected chi connectivity index (χ1v) is 25.6. The van der Waals surface area contributed by atoms with Crippen LogP contribution in [0.4, 0.5) is 0 Å². The maximum atomic E-state index is 12.7. The molecule has 60 heavy (non-hydrogen) atoms. The zero-order valence-electron chi connectivity index (χ0n) is 39.7. The molecule has 0 fully saturated rings. The van der Waals surface area contributed by atoms with Gasteiger partial charge in [0.25, 0.3) is 0 Å². The first-order chi connectivity index (χ1) is 29.5. The molecular weight excluding hydrogens is 745 g/mol. The van der Waals surface area contributed by atoms with Crippen molar-refractivity contribution >= 4 is 17.9 Å². The van der Waals surface area contributed by atoms with Crippen molar-refractivity contribution in [2.75, 3.05) is 13.2 Å². The summed E-state index contributed by atoms with van der Waals surface area (Å²) in [7, 11) is 0. The molecule has 0 N–H and O–H groups in total. The summed E-state index contributed by atoms with van der Waals surface area (Å²) in [5.41, 5.74) is 0. The van der Waals surface area contributed by atoms with Gasteiger partial charge in [0.05, 0.1) is 0 Å². The monoisotopic (exact) mass is 841 g/mol. The first kappa shape index (κ1) is 57.4. The van der Waals surface area contributed by atoms with Crippen LogP contribution in [0.5, 0.6) is 0 Å². The maximum Gasteiger partial charge on any atom is 0.306 e. The summed E-state index contributed by atoms with van der Waals surface area (Å²) in [6.45, 7) is 6.46. The van der Waals surface area contributed by atoms with Crippen LogP contribution in [-0.2, 0) is 28.6 Å². The van der Waals surface area contributed by atoms with Crippen molar-refractivity contribution in [1.29, 1.82) is 0 Å². The highest BCUT2D eigenvalue weighted by atomic mass is 16.6. The largest absolute Gasteiger partial charge is 0.462 e. The minimum Gasteiger partial charge on any atom is -0.462 e. The van der Waals surface area contributed by atoms with Crippen molar-refractivity contribution in [1.82, 2.24) is 0 Å². The van der Waals surface area contributed by atoms with E-state index in [0.29, 0.717) is 19.3 Å². The molecule has 0 aliphatic heterocycles. The van der Waals surface area contributed by atoms with Gasteiger partial charge in [-0.05, 0) is 57.8 Å². The standard InChI is InChI=1S/C54H96O6/c1-4-7-10-13-16-18-20-22-24-26-27-29-30-32-34-36-38-41-44-47-53(56)59-50-51(49-58-52(55)46-43-40-15-12-9-6-3)60-54(57)48-45-42-39-37-35-33-31-28-25-23-21-19-17-14-11-8-5-2/h8,11,17,19,23,25,31,33,51H,4-7,9-10,12-16,18,20-22,24,26-30,32,34-50H2,1-3H3/b11-8-,19-17-,25-23-,33-31-. The Balaban J connectivity index is 4.22. The molecular formula is C54H96O6. The zero-order chi connectivity index (χ0) is 43.7. The highest BCUT2D eigenvalue weighted by Crippen LogP contribution is 2.16. The van der Waals surface area contributed by atoms with Crippen LogP contribution in [0, 0.1) is 0 Å². The SMILES string of the molecule is CC/C=C\C/C=C\C/C=C\C/C=C\CCCCCCC(=O)OC(COC(=O)CCCCCCCC)COC(=O)CCCCCCCCCCCCCCCCCCCCC. The molecule has 0 aliphatic rings. The van der Waals surface area contributed by atoms with Gasteiger partial charge in [-0.15, -0.1) is 0 Å². The van der Waals surface area contributed by atoms with E-state index in [1.54, 1.807) is 0 Å². The van der Waals surface area contributed by atoms with E-state index in [0.717, 1.165) is 96.3 Å². The van der Waals surface area contributed by atoms with Crippen molar-refractivity contribution in [3.8, 4) is 0 Å². The summed E-state index contributed by atoms with van der Waals surface area (Å²) in [5.74, 6) is -0.907. The summed E-state index contributed by atoms with van der Waals surface area (Å²) < 4.78 is 16.7. The van der Waals surface area contributed by atoms with Crippen LogP contribution in [0.3, 0.4) is 0 Å². The van der Waals surface area contributed by atoms with Crippen LogP contribution in [-0.4, -0.2) is 37.2 Å². The van der Waals surface area contributed by atoms with Gasteiger partial charge in [0.1, 0.15) is 13.2 Å². The quantitative estimate of drug-likeness (QED) is 0.0263. The van der Waals surface area contributed by atoms with E-state index in [1.807, 2.05) is 0 Å². The van der Waals surface area contributed by atoms with Crippen LogP contribution in [0.1, 0.15) is 258 Å². The van der Waals surface area contributed by atoms with Gasteiger partial charge < -0.3 is 14.2 Å². The van der Waals surface area contributed by atoms with Crippen LogP contribution in [0.2, 0.25) is 0 Å². The fourth-order valence-corrected chi connectivity index (χ4v) is 7.26. The predicted octanol–water partition coefficient (Wildman–Crippen LogP) is 16.7. The molecule has 0 heterocycles. The first-order valence-electron chi connectivity index (χ1n) is 25.6. The molecule has 1 atom stereocenters. The average molecular weight is 841 g/mol. The number of hydrogen-bond donors (Lipinski definition) is 0. The molecule has 0 aromatic rings. The Bertz CT molecular complexity index is 1060. The Kier molecular flexibility index (Phi) is 46.9. The Morgan fingerprint density at radius 1 is 0.350 bits per heavy atom. The van der Waals surface area contributed by atoms with E-state index < -0.39 is 6.10 Å². The molecule has 6 heteroatoms. The number of hydrogen-bond acceptors (Lipinski definition) is 6. The number of unbranched alkanes of at least 4 members (excludes halogenated alkanes) is 27. The van der Waals surface area contributed by atoms with Crippen LogP contribution in [0.25, 0.3) is 0 Å². The summed E-state index contributed by atoms with van der Waals surface area (Å²) in [4.78, 5) is 37.7. The second-order valence-electron chi connectivity index (χ2n) is 17.1. The number of carbonyl (C=O) groups is 3. The van der Waals surface area contributed by atoms with Crippen LogP contribution >= 0.6 is 0 Å². The topological polar surface area (TPSA) is 78.9 Å². The Hall–Kier alpha value is -2.63. The number of allylic oxidation sites excluding steroid dienone is 8. The summed E-state index contributed by atoms with van der Waals surface area (Å²) in [6.07, 6.45) is 58.4. The third-order valence-electron chi connectivity index (χ3n) is 11.1. The summed E-state index contributed by atoms with van der Waals surface area (Å²) >= 11 is 0. The summed E-state index contributed by atoms with van der Waals surface area (Å²) in [5, 5.41) is 0. The lowest BCUT2D eigenvalue weighted by Crippen LogP contribution is -2.30. The van der Waals surface area contributed by atoms with Crippen molar-refractivity contribution in [2.45, 2.75) is 264 Å². The zero-order valence-corrected chi connectivity index (χ0v) is 39.7. The predicted molar refractivity (Wildman–Crippen MR) is 256 cm³/mol. The second-order valence-corrected chi connectivity index (χ2v) is 17.1. The van der Waals surface area contributed by atoms with E-state index >= 15 is 0 Å². The highest BCUT2D eigenvalue weighted by Gasteiger charge is 2.19. The lowest BCUT2D eigenvalue weighted by molar-refractivity contribution is -0.167. The van der Waals surface area contributed by atoms with Gasteiger partial charge in [-0.25, -0.2) is 0 Å². The van der Waals surface area contributed by atoms with Gasteiger partial charge in [0.15, 0.2) is 6.10 Å². The number of ether oxygens (including phenoxy) is 3. The van der Waals surface area contributed by atoms with Gasteiger partial charge in [-0.2, -0.15) is 0 Å². The smallest absolute Gasteiger partial charge is 0.306 e. The molecule has 0 saturated carbocycles. The molecule has 0 aromatic heterocycles. The molecule has 1 unspecified atom stereocenters. The minimum absolute atomic E-state index is 0.0805. The molecule has 0 aromatic carbocycles. The van der Waals surface area contributed by atoms with Gasteiger partial charge in [-0.3, -0.25) is 14.4 Å². The van der Waals surface area contributed by atoms with Gasteiger partial charge in [0.2, 0.25) is 0 Å². The van der Waals surface area contributed by atoms with Crippen molar-refractivity contribution in [3.05, 3.63) is 48.6 Å². The van der Waals surface area contributed by atoms with Crippen molar-refractivity contribution in [3.63, 3.8) is 0 Å². The lowest BCUT2D eigenvalue weighted by atomic mass is 10.0. The Labute approximate surface area is 371 Å². The molecule has 0 radical (unpaired) electrons. The van der Waals surface area contributed by atoms with Crippen LogP contribution < -0.4 is 0 Å². The van der Waals surface area contributed by atoms with Gasteiger partial charge in [-0.1, -0.05) is 230 Å². The van der Waals surface area contributed by atoms with Crippen molar-refractivity contribution in [2.24, 2.45) is 0 Å². The third-order valence-corrected chi connectivity index (χ3v) is 11.1. The average Bonchev–Trinajstić information content (AvgIpc) is 3.24. The Morgan fingerprint density at radius 2 is 0.650 bits per heavy atom. The molecule has 0 bridgehead atoms. The minimum atomic E-state index is -0.779. The fraction of sp³-hybridized carbons (Fsp3) is 0.796. The third kappa shape index (κ3) is 46.4. The molecule has 0 amide bonds. The number of esters is 3. The number of carbonyl (C=O) groups excluding carboxylic acids is 3. The fourth-order valence-electron chi connectivity index (χ4n) is 7.26. The van der Waals surface area contributed by atoms with Crippen molar-refractivity contribution < 1.29 is 28.6 Å². The molecule has 0 aliphatic carbocycles. The molecule has 0 rings (SSSR count). The molecule has 6 nitrogen and oxygen atoms in total. The van der Waals surface area contributed by atoms with E-state index in [-0.39, 0.29) is 31.1 Å². The number of rotatable bonds is 46. The van der Waals surface area contributed by atoms with Crippen LogP contribution in [0.15, 0.2) is 48.6 Å². The van der Waals surface area contributed by atoms with Gasteiger partial charge in [0, 0.05) is 19.3 Å². The maximum absolute atomic E-state index is 12.7. The van der Waals surface area contributed by atoms with E-state index in [1.165, 1.54) is 122 Å². The summed E-state index contributed by atoms with van der Waals surface area (Å²) in [6, 6.07) is 0. The van der Waals surface area contributed by atoms with Gasteiger partial charge >= 0.3 is 17.9 Å².